The van der Waals surface area contributed by atoms with Crippen LogP contribution in [-0.4, -0.2) is 24.0 Å². The summed E-state index contributed by atoms with van der Waals surface area (Å²) in [6.45, 7) is 6.87. The molecule has 1 aromatic carbocycles. The van der Waals surface area contributed by atoms with Crippen LogP contribution in [0.5, 0.6) is 5.75 Å². The molecule has 0 bridgehead atoms. The van der Waals surface area contributed by atoms with Gasteiger partial charge in [-0.25, -0.2) is 6.08 Å². The van der Waals surface area contributed by atoms with Gasteiger partial charge in [-0.2, -0.15) is 0 Å². The average Bonchev–Trinajstić information content (AvgIpc) is 2.47. The summed E-state index contributed by atoms with van der Waals surface area (Å²) >= 11 is 0. The van der Waals surface area contributed by atoms with Gasteiger partial charge in [0.2, 0.25) is 5.91 Å². The summed E-state index contributed by atoms with van der Waals surface area (Å²) in [5.41, 5.74) is 3.01. The average molecular weight is 371 g/mol. The minimum Gasteiger partial charge on any atom is -0.481 e. The Kier molecular flexibility index (Phi) is 7.86. The number of benzene rings is 1. The van der Waals surface area contributed by atoms with Crippen molar-refractivity contribution in [3.8, 4) is 17.6 Å². The molecule has 1 amide bonds. The van der Waals surface area contributed by atoms with Crippen molar-refractivity contribution >= 4 is 11.6 Å². The van der Waals surface area contributed by atoms with Gasteiger partial charge in [0.15, 0.2) is 0 Å². The van der Waals surface area contributed by atoms with E-state index in [4.69, 9.17) is 4.74 Å². The van der Waals surface area contributed by atoms with Gasteiger partial charge in [-0.15, -0.1) is 35.2 Å². The smallest absolute Gasteiger partial charge is 0.223 e. The number of carbonyl (C=O) groups is 1. The van der Waals surface area contributed by atoms with E-state index in [1.807, 2.05) is 32.0 Å². The minimum absolute atomic E-state index is 0. The van der Waals surface area contributed by atoms with E-state index in [0.717, 1.165) is 22.6 Å². The van der Waals surface area contributed by atoms with E-state index < -0.39 is 0 Å². The van der Waals surface area contributed by atoms with Crippen molar-refractivity contribution in [2.24, 2.45) is 0 Å². The summed E-state index contributed by atoms with van der Waals surface area (Å²) in [4.78, 5) is 13.8. The fraction of sp³-hybridized carbons (Fsp3) is 0.389. The van der Waals surface area contributed by atoms with E-state index in [1.54, 1.807) is 11.8 Å². The van der Waals surface area contributed by atoms with Crippen LogP contribution in [0.4, 0.5) is 0 Å². The van der Waals surface area contributed by atoms with E-state index in [2.05, 4.69) is 17.9 Å². The molecular weight excluding hydrogens is 351 g/mol. The molecule has 0 N–H and O–H groups in total. The molecule has 0 spiro atoms. The van der Waals surface area contributed by atoms with Crippen LogP contribution in [0.3, 0.4) is 0 Å². The Balaban J connectivity index is 0.00000242. The molecule has 1 aliphatic rings. The van der Waals surface area contributed by atoms with Gasteiger partial charge in [-0.05, 0) is 26.0 Å². The second-order valence-electron chi connectivity index (χ2n) is 4.86. The molecule has 0 fully saturated rings. The number of rotatable bonds is 4. The van der Waals surface area contributed by atoms with Crippen molar-refractivity contribution in [2.45, 2.75) is 33.6 Å². The maximum Gasteiger partial charge on any atom is 0.223 e. The van der Waals surface area contributed by atoms with E-state index in [0.29, 0.717) is 26.0 Å². The van der Waals surface area contributed by atoms with E-state index >= 15 is 0 Å². The van der Waals surface area contributed by atoms with Crippen LogP contribution in [-0.2, 0) is 37.5 Å². The quantitative estimate of drug-likeness (QED) is 0.601. The predicted octanol–water partition coefficient (Wildman–Crippen LogP) is 3.18. The minimum atomic E-state index is 0. The van der Waals surface area contributed by atoms with E-state index in [9.17, 15) is 4.79 Å². The maximum absolute atomic E-state index is 12.0. The van der Waals surface area contributed by atoms with Crippen molar-refractivity contribution in [1.29, 1.82) is 0 Å². The zero-order valence-corrected chi connectivity index (χ0v) is 16.2. The van der Waals surface area contributed by atoms with Gasteiger partial charge in [0.05, 0.1) is 0 Å². The standard InChI is InChI=1S/C18H20NO2.Y/c1-4-6-12-21-15-10-11-16(14(3)13-15)17-8-7-9-18(20)19(17)5-2;/h10-11,13H,5,7,9,12H2,1-3H3;/q-1;. The Hall–Kier alpha value is -1.11. The fourth-order valence-corrected chi connectivity index (χ4v) is 2.40. The Morgan fingerprint density at radius 2 is 2.18 bits per heavy atom. The molecule has 1 radical (unpaired) electrons. The van der Waals surface area contributed by atoms with Gasteiger partial charge in [-0.1, -0.05) is 12.8 Å². The van der Waals surface area contributed by atoms with Crippen LogP contribution < -0.4 is 4.74 Å². The summed E-state index contributed by atoms with van der Waals surface area (Å²) < 4.78 is 5.56. The molecule has 0 aromatic heterocycles. The molecular formula is C18H20NO2Y-. The first-order valence-electron chi connectivity index (χ1n) is 7.22. The third-order valence-corrected chi connectivity index (χ3v) is 3.46. The van der Waals surface area contributed by atoms with Crippen LogP contribution in [0.1, 0.15) is 37.8 Å². The first kappa shape index (κ1) is 18.9. The summed E-state index contributed by atoms with van der Waals surface area (Å²) in [7, 11) is 0. The number of hydrogen-bond acceptors (Lipinski definition) is 2. The summed E-state index contributed by atoms with van der Waals surface area (Å²) in [5.74, 6) is 6.64. The molecule has 1 heterocycles. The summed E-state index contributed by atoms with van der Waals surface area (Å²) in [5, 5.41) is 0. The van der Waals surface area contributed by atoms with Gasteiger partial charge in [0.25, 0.3) is 0 Å². The topological polar surface area (TPSA) is 29.5 Å². The van der Waals surface area contributed by atoms with Crippen LogP contribution in [0.2, 0.25) is 0 Å². The number of ether oxygens (including phenoxy) is 1. The van der Waals surface area contributed by atoms with Crippen LogP contribution in [0, 0.1) is 24.8 Å². The number of aryl methyl sites for hydroxylation is 1. The van der Waals surface area contributed by atoms with Gasteiger partial charge in [-0.3, -0.25) is 4.79 Å². The Bertz CT molecular complexity index is 626. The normalized spacial score (nSPS) is 13.7. The van der Waals surface area contributed by atoms with Crippen molar-refractivity contribution < 1.29 is 42.2 Å². The molecule has 0 atom stereocenters. The molecule has 4 heteroatoms. The van der Waals surface area contributed by atoms with Crippen molar-refractivity contribution in [1.82, 2.24) is 4.90 Å². The Labute approximate surface area is 158 Å². The van der Waals surface area contributed by atoms with Crippen LogP contribution in [0.15, 0.2) is 18.2 Å². The van der Waals surface area contributed by atoms with Crippen LogP contribution in [0.25, 0.3) is 5.70 Å². The van der Waals surface area contributed by atoms with Crippen molar-refractivity contribution in [3.05, 3.63) is 35.4 Å². The zero-order valence-electron chi connectivity index (χ0n) is 13.4. The number of amides is 1. The molecule has 0 saturated carbocycles. The van der Waals surface area contributed by atoms with Gasteiger partial charge in [0, 0.05) is 45.7 Å². The molecule has 3 nitrogen and oxygen atoms in total. The van der Waals surface area contributed by atoms with Gasteiger partial charge in [0.1, 0.15) is 12.4 Å². The monoisotopic (exact) mass is 371 g/mol. The summed E-state index contributed by atoms with van der Waals surface area (Å²) in [6.07, 6.45) is 4.58. The van der Waals surface area contributed by atoms with Gasteiger partial charge >= 0.3 is 0 Å². The SMILES string of the molecule is CC#CCOc1ccc(C2=[C-]CCC(=O)N2CC)c(C)c1.[Y]. The number of hydrogen-bond donors (Lipinski definition) is 0. The zero-order chi connectivity index (χ0) is 15.2. The second kappa shape index (κ2) is 9.13. The van der Waals surface area contributed by atoms with E-state index in [1.165, 1.54) is 0 Å². The molecule has 0 aliphatic carbocycles. The molecule has 0 saturated heterocycles. The number of carbonyl (C=O) groups excluding carboxylic acids is 1. The third-order valence-electron chi connectivity index (χ3n) is 3.46. The molecule has 1 aliphatic heterocycles. The first-order valence-corrected chi connectivity index (χ1v) is 7.22. The molecule has 1 aromatic rings. The van der Waals surface area contributed by atoms with Crippen LogP contribution >= 0.6 is 0 Å². The maximum atomic E-state index is 12.0. The van der Waals surface area contributed by atoms with Gasteiger partial charge < -0.3 is 9.64 Å². The second-order valence-corrected chi connectivity index (χ2v) is 4.86. The molecule has 113 valence electrons. The number of nitrogens with zero attached hydrogens (tertiary/aromatic N) is 1. The molecule has 22 heavy (non-hydrogen) atoms. The molecule has 0 unspecified atom stereocenters. The largest absolute Gasteiger partial charge is 0.481 e. The first-order chi connectivity index (χ1) is 10.2. The Morgan fingerprint density at radius 1 is 1.41 bits per heavy atom. The Morgan fingerprint density at radius 3 is 2.82 bits per heavy atom. The van der Waals surface area contributed by atoms with Crippen molar-refractivity contribution in [3.63, 3.8) is 0 Å². The fourth-order valence-electron chi connectivity index (χ4n) is 2.40. The number of allylic oxidation sites excluding steroid dienone is 1. The van der Waals surface area contributed by atoms with E-state index in [-0.39, 0.29) is 38.6 Å². The predicted molar refractivity (Wildman–Crippen MR) is 83.4 cm³/mol. The third kappa shape index (κ3) is 4.44. The van der Waals surface area contributed by atoms with Crippen molar-refractivity contribution in [2.75, 3.05) is 13.2 Å². The summed E-state index contributed by atoms with van der Waals surface area (Å²) in [6, 6.07) is 5.89. The molecule has 2 rings (SSSR count).